The number of carbonyl (C=O) groups is 2. The maximum absolute atomic E-state index is 13.8. The van der Waals surface area contributed by atoms with Crippen molar-refractivity contribution in [1.82, 2.24) is 0 Å². The number of thioether (sulfide) groups is 1. The third-order valence-electron chi connectivity index (χ3n) is 5.91. The lowest BCUT2D eigenvalue weighted by Crippen LogP contribution is -2.54. The fourth-order valence-electron chi connectivity index (χ4n) is 4.15. The molecule has 0 saturated heterocycles. The molecular weight excluding hydrogens is 404 g/mol. The molecule has 1 heterocycles. The highest BCUT2D eigenvalue weighted by Crippen LogP contribution is 2.60. The molecule has 0 fully saturated rings. The van der Waals surface area contributed by atoms with Crippen molar-refractivity contribution >= 4 is 29.6 Å². The van der Waals surface area contributed by atoms with Gasteiger partial charge < -0.3 is 5.11 Å². The molecular formula is C27H22O3S. The van der Waals surface area contributed by atoms with Crippen LogP contribution in [0.2, 0.25) is 0 Å². The van der Waals surface area contributed by atoms with E-state index >= 15 is 0 Å². The van der Waals surface area contributed by atoms with Gasteiger partial charge in [-0.3, -0.25) is 9.59 Å². The highest BCUT2D eigenvalue weighted by molar-refractivity contribution is 8.00. The van der Waals surface area contributed by atoms with Crippen molar-refractivity contribution < 1.29 is 14.7 Å². The van der Waals surface area contributed by atoms with Crippen LogP contribution in [0.1, 0.15) is 34.8 Å². The minimum atomic E-state index is -1.66. The van der Waals surface area contributed by atoms with Crippen LogP contribution in [0.3, 0.4) is 0 Å². The molecule has 0 aliphatic carbocycles. The van der Waals surface area contributed by atoms with E-state index in [9.17, 15) is 14.7 Å². The first-order chi connectivity index (χ1) is 15.0. The molecule has 1 N–H and O–H groups in total. The molecule has 0 spiro atoms. The van der Waals surface area contributed by atoms with E-state index in [1.807, 2.05) is 79.7 Å². The molecule has 1 aliphatic heterocycles. The van der Waals surface area contributed by atoms with Gasteiger partial charge >= 0.3 is 5.97 Å². The summed E-state index contributed by atoms with van der Waals surface area (Å²) < 4.78 is -0.990. The van der Waals surface area contributed by atoms with Crippen molar-refractivity contribution in [3.8, 4) is 0 Å². The lowest BCUT2D eigenvalue weighted by Gasteiger charge is -2.47. The molecule has 2 unspecified atom stereocenters. The Hall–Kier alpha value is -3.33. The summed E-state index contributed by atoms with van der Waals surface area (Å²) in [5.74, 6) is -1.48. The van der Waals surface area contributed by atoms with E-state index in [-0.39, 0.29) is 12.2 Å². The van der Waals surface area contributed by atoms with Crippen LogP contribution in [-0.2, 0) is 9.54 Å². The predicted octanol–water partition coefficient (Wildman–Crippen LogP) is 6.22. The minimum Gasteiger partial charge on any atom is -0.480 e. The minimum absolute atomic E-state index is 0.0389. The van der Waals surface area contributed by atoms with Crippen molar-refractivity contribution in [3.63, 3.8) is 0 Å². The summed E-state index contributed by atoms with van der Waals surface area (Å²) in [6.45, 7) is 1.86. The van der Waals surface area contributed by atoms with Crippen LogP contribution in [-0.4, -0.2) is 16.9 Å². The highest BCUT2D eigenvalue weighted by atomic mass is 32.2. The van der Waals surface area contributed by atoms with Gasteiger partial charge in [-0.2, -0.15) is 0 Å². The Kier molecular flexibility index (Phi) is 5.69. The zero-order valence-electron chi connectivity index (χ0n) is 17.1. The second-order valence-corrected chi connectivity index (χ2v) is 9.13. The molecule has 31 heavy (non-hydrogen) atoms. The number of ketones is 1. The fourth-order valence-corrected chi connectivity index (χ4v) is 5.70. The Morgan fingerprint density at radius 1 is 0.968 bits per heavy atom. The van der Waals surface area contributed by atoms with Crippen LogP contribution >= 0.6 is 11.8 Å². The van der Waals surface area contributed by atoms with Gasteiger partial charge in [-0.25, -0.2) is 0 Å². The lowest BCUT2D eigenvalue weighted by atomic mass is 9.65. The average Bonchev–Trinajstić information content (AvgIpc) is 2.79. The van der Waals surface area contributed by atoms with Crippen LogP contribution in [0.4, 0.5) is 0 Å². The second kappa shape index (κ2) is 8.43. The summed E-state index contributed by atoms with van der Waals surface area (Å²) in [4.78, 5) is 27.4. The number of Topliss-reactive ketones (excluding diaryl/α,β-unsaturated/α-hetero) is 1. The van der Waals surface area contributed by atoms with E-state index in [1.54, 1.807) is 24.3 Å². The van der Waals surface area contributed by atoms with Crippen molar-refractivity contribution in [3.05, 3.63) is 113 Å². The maximum atomic E-state index is 13.8. The molecule has 0 radical (unpaired) electrons. The first-order valence-corrected chi connectivity index (χ1v) is 10.9. The van der Waals surface area contributed by atoms with E-state index in [0.29, 0.717) is 5.56 Å². The second-order valence-electron chi connectivity index (χ2n) is 7.67. The van der Waals surface area contributed by atoms with E-state index < -0.39 is 16.1 Å². The van der Waals surface area contributed by atoms with Crippen molar-refractivity contribution in [1.29, 1.82) is 0 Å². The molecule has 0 amide bonds. The van der Waals surface area contributed by atoms with Crippen molar-refractivity contribution in [2.45, 2.75) is 23.0 Å². The molecule has 3 aromatic rings. The number of rotatable bonds is 5. The highest BCUT2D eigenvalue weighted by Gasteiger charge is 2.62. The number of hydrogen-bond acceptors (Lipinski definition) is 3. The number of aliphatic carboxylic acids is 1. The third-order valence-corrected chi connectivity index (χ3v) is 7.48. The molecule has 2 atom stereocenters. The van der Waals surface area contributed by atoms with Crippen molar-refractivity contribution in [2.75, 3.05) is 0 Å². The van der Waals surface area contributed by atoms with E-state index in [4.69, 9.17) is 0 Å². The number of fused-ring (bicyclic) bond motifs is 1. The molecule has 0 saturated carbocycles. The van der Waals surface area contributed by atoms with Gasteiger partial charge in [0.25, 0.3) is 0 Å². The summed E-state index contributed by atoms with van der Waals surface area (Å²) in [5, 5.41) is 10.5. The van der Waals surface area contributed by atoms with E-state index in [1.165, 1.54) is 11.8 Å². The Balaban J connectivity index is 1.86. The Morgan fingerprint density at radius 2 is 1.58 bits per heavy atom. The van der Waals surface area contributed by atoms with Gasteiger partial charge in [0.2, 0.25) is 0 Å². The van der Waals surface area contributed by atoms with Crippen LogP contribution < -0.4 is 0 Å². The van der Waals surface area contributed by atoms with Crippen LogP contribution in [0.25, 0.3) is 6.08 Å². The summed E-state index contributed by atoms with van der Waals surface area (Å²) >= 11 is 1.45. The largest absolute Gasteiger partial charge is 0.480 e. The molecule has 3 nitrogen and oxygen atoms in total. The Labute approximate surface area is 186 Å². The van der Waals surface area contributed by atoms with E-state index in [0.717, 1.165) is 16.0 Å². The van der Waals surface area contributed by atoms with Crippen LogP contribution in [0.5, 0.6) is 0 Å². The number of carboxylic acid groups (broad SMARTS) is 1. The Bertz CT molecular complexity index is 1180. The van der Waals surface area contributed by atoms with Crippen molar-refractivity contribution in [2.24, 2.45) is 5.41 Å². The normalized spacial score (nSPS) is 22.2. The molecule has 154 valence electrons. The third kappa shape index (κ3) is 3.54. The number of allylic oxidation sites excluding steroid dienone is 1. The first-order valence-electron chi connectivity index (χ1n) is 10.1. The van der Waals surface area contributed by atoms with Gasteiger partial charge in [0, 0.05) is 10.5 Å². The summed E-state index contributed by atoms with van der Waals surface area (Å²) in [5.41, 5.74) is 3.66. The van der Waals surface area contributed by atoms with Gasteiger partial charge in [-0.05, 0) is 42.7 Å². The summed E-state index contributed by atoms with van der Waals surface area (Å²) in [6, 6.07) is 26.4. The molecule has 3 aromatic carbocycles. The zero-order valence-corrected chi connectivity index (χ0v) is 17.9. The number of carbonyl (C=O) groups excluding carboxylic acids is 1. The van der Waals surface area contributed by atoms with Gasteiger partial charge in [0.1, 0.15) is 0 Å². The topological polar surface area (TPSA) is 54.4 Å². The molecule has 4 heteroatoms. The summed E-state index contributed by atoms with van der Waals surface area (Å²) in [6.07, 6.45) is 3.51. The predicted molar refractivity (Wildman–Crippen MR) is 124 cm³/mol. The first kappa shape index (κ1) is 20.9. The van der Waals surface area contributed by atoms with Gasteiger partial charge in [0.15, 0.2) is 11.2 Å². The monoisotopic (exact) mass is 426 g/mol. The number of benzene rings is 3. The fraction of sp³-hybridized carbons (Fsp3) is 0.148. The SMILES string of the molecule is CC1(c2ccccc2)Sc2ccccc2C(=O)C1(CC=C=Cc1ccccc1)C(=O)O. The molecule has 0 aromatic heterocycles. The maximum Gasteiger partial charge on any atom is 0.319 e. The standard InChI is InChI=1S/C27H22O3S/c1-26(21-15-6-3-7-16-21)27(25(29)30,19-11-10-14-20-12-4-2-5-13-20)24(28)22-17-8-9-18-23(22)31-26/h2-9,11-18H,19H2,1H3,(H,29,30). The van der Waals surface area contributed by atoms with Gasteiger partial charge in [0.05, 0.1) is 4.75 Å². The number of carboxylic acids is 1. The van der Waals surface area contributed by atoms with E-state index in [2.05, 4.69) is 5.73 Å². The van der Waals surface area contributed by atoms with Gasteiger partial charge in [-0.1, -0.05) is 78.9 Å². The average molecular weight is 427 g/mol. The smallest absolute Gasteiger partial charge is 0.319 e. The number of hydrogen-bond donors (Lipinski definition) is 1. The quantitative estimate of drug-likeness (QED) is 0.389. The molecule has 0 bridgehead atoms. The lowest BCUT2D eigenvalue weighted by molar-refractivity contribution is -0.147. The Morgan fingerprint density at radius 3 is 2.26 bits per heavy atom. The zero-order chi connectivity index (χ0) is 21.9. The summed E-state index contributed by atoms with van der Waals surface area (Å²) in [7, 11) is 0. The van der Waals surface area contributed by atoms with Gasteiger partial charge in [-0.15, -0.1) is 17.5 Å². The van der Waals surface area contributed by atoms with Crippen LogP contribution in [0.15, 0.2) is 102 Å². The van der Waals surface area contributed by atoms with Crippen LogP contribution in [0, 0.1) is 5.41 Å². The molecule has 4 rings (SSSR count). The molecule has 1 aliphatic rings.